The molecule has 0 aliphatic carbocycles. The first-order valence-corrected chi connectivity index (χ1v) is 11.3. The topological polar surface area (TPSA) is 149 Å². The van der Waals surface area contributed by atoms with E-state index in [-0.39, 0.29) is 18.6 Å². The number of pyridine rings is 1. The summed E-state index contributed by atoms with van der Waals surface area (Å²) in [7, 11) is 3.41. The Balaban J connectivity index is 0.000000450. The lowest BCUT2D eigenvalue weighted by Gasteiger charge is -2.09. The Morgan fingerprint density at radius 2 is 1.82 bits per heavy atom. The first-order chi connectivity index (χ1) is 18.4. The number of aromatic nitrogens is 3. The highest BCUT2D eigenvalue weighted by Crippen LogP contribution is 2.23. The molecule has 0 unspecified atom stereocenters. The Morgan fingerprint density at radius 3 is 2.33 bits per heavy atom. The number of nitrogens with one attached hydrogen (secondary N) is 2. The first-order valence-electron chi connectivity index (χ1n) is 11.3. The molecule has 0 radical (unpaired) electrons. The molecule has 1 amide bonds. The molecular formula is C25H31F3N8O3. The lowest BCUT2D eigenvalue weighted by molar-refractivity contribution is -0.107. The zero-order chi connectivity index (χ0) is 29.6. The number of methoxy groups -OCH3 is 1. The van der Waals surface area contributed by atoms with Crippen molar-refractivity contribution in [2.45, 2.75) is 33.5 Å². The molecule has 39 heavy (non-hydrogen) atoms. The van der Waals surface area contributed by atoms with Crippen LogP contribution in [0.2, 0.25) is 0 Å². The summed E-state index contributed by atoms with van der Waals surface area (Å²) in [6, 6.07) is 9.10. The number of primary amides is 1. The quantitative estimate of drug-likeness (QED) is 0.215. The largest absolute Gasteiger partial charge is 0.493 e. The minimum atomic E-state index is -4.61. The van der Waals surface area contributed by atoms with E-state index in [1.807, 2.05) is 7.05 Å². The molecule has 0 atom stereocenters. The van der Waals surface area contributed by atoms with Gasteiger partial charge in [0.15, 0.2) is 17.9 Å². The molecule has 0 saturated heterocycles. The molecule has 2 heterocycles. The Bertz CT molecular complexity index is 1270. The van der Waals surface area contributed by atoms with Gasteiger partial charge in [-0.05, 0) is 50.1 Å². The average molecular weight is 549 g/mol. The van der Waals surface area contributed by atoms with Crippen molar-refractivity contribution in [1.82, 2.24) is 20.2 Å². The van der Waals surface area contributed by atoms with Gasteiger partial charge in [0.1, 0.15) is 17.9 Å². The molecule has 0 saturated carbocycles. The SMILES string of the molecule is C=C(NN=NCc1cc(C=O)n(-c2ncccc2OC)n1)C(F)(F)F.CNc1c(C)cc(C)cc1C.NC=O. The minimum absolute atomic E-state index is 0.152. The van der Waals surface area contributed by atoms with Gasteiger partial charge < -0.3 is 15.8 Å². The number of hydrogen-bond donors (Lipinski definition) is 3. The van der Waals surface area contributed by atoms with Gasteiger partial charge in [0.25, 0.3) is 0 Å². The van der Waals surface area contributed by atoms with E-state index in [2.05, 4.69) is 71.0 Å². The lowest BCUT2D eigenvalue weighted by atomic mass is 10.1. The molecule has 0 bridgehead atoms. The summed E-state index contributed by atoms with van der Waals surface area (Å²) in [5.41, 5.74) is 10.3. The number of nitrogens with two attached hydrogens (primary N) is 1. The molecule has 0 aliphatic heterocycles. The van der Waals surface area contributed by atoms with Crippen LogP contribution in [0.1, 0.15) is 32.9 Å². The summed E-state index contributed by atoms with van der Waals surface area (Å²) >= 11 is 0. The molecular weight excluding hydrogens is 517 g/mol. The fourth-order valence-electron chi connectivity index (χ4n) is 3.32. The predicted molar refractivity (Wildman–Crippen MR) is 141 cm³/mol. The van der Waals surface area contributed by atoms with Crippen LogP contribution in [0, 0.1) is 20.8 Å². The second-order valence-corrected chi connectivity index (χ2v) is 7.77. The van der Waals surface area contributed by atoms with Crippen molar-refractivity contribution in [3.8, 4) is 11.6 Å². The van der Waals surface area contributed by atoms with Crippen molar-refractivity contribution in [3.05, 3.63) is 76.9 Å². The predicted octanol–water partition coefficient (Wildman–Crippen LogP) is 4.38. The third-order valence-corrected chi connectivity index (χ3v) is 4.84. The van der Waals surface area contributed by atoms with Crippen molar-refractivity contribution < 1.29 is 27.5 Å². The number of rotatable bonds is 8. The van der Waals surface area contributed by atoms with Gasteiger partial charge in [0.05, 0.1) is 12.8 Å². The number of ether oxygens (including phenoxy) is 1. The van der Waals surface area contributed by atoms with E-state index < -0.39 is 11.9 Å². The second kappa shape index (κ2) is 15.5. The zero-order valence-electron chi connectivity index (χ0n) is 22.2. The van der Waals surface area contributed by atoms with Crippen LogP contribution in [0.3, 0.4) is 0 Å². The van der Waals surface area contributed by atoms with Gasteiger partial charge in [-0.3, -0.25) is 15.0 Å². The first kappa shape index (κ1) is 32.3. The Morgan fingerprint density at radius 1 is 1.21 bits per heavy atom. The van der Waals surface area contributed by atoms with Crippen molar-refractivity contribution in [3.63, 3.8) is 0 Å². The molecule has 1 aromatic carbocycles. The summed E-state index contributed by atoms with van der Waals surface area (Å²) in [6.45, 7) is 9.02. The van der Waals surface area contributed by atoms with Crippen LogP contribution in [0.15, 0.2) is 59.1 Å². The highest BCUT2D eigenvalue weighted by atomic mass is 19.4. The van der Waals surface area contributed by atoms with E-state index >= 15 is 0 Å². The average Bonchev–Trinajstić information content (AvgIpc) is 3.29. The molecule has 14 heteroatoms. The lowest BCUT2D eigenvalue weighted by Crippen LogP contribution is -2.20. The molecule has 0 spiro atoms. The maximum Gasteiger partial charge on any atom is 0.432 e. The van der Waals surface area contributed by atoms with Crippen molar-refractivity contribution in [2.75, 3.05) is 19.5 Å². The van der Waals surface area contributed by atoms with E-state index in [1.165, 1.54) is 46.4 Å². The molecule has 210 valence electrons. The Labute approximate surface area is 223 Å². The van der Waals surface area contributed by atoms with E-state index in [9.17, 15) is 18.0 Å². The maximum atomic E-state index is 12.2. The van der Waals surface area contributed by atoms with E-state index in [0.29, 0.717) is 23.5 Å². The van der Waals surface area contributed by atoms with Crippen LogP contribution in [-0.4, -0.2) is 47.8 Å². The number of anilines is 1. The third kappa shape index (κ3) is 9.91. The van der Waals surface area contributed by atoms with Crippen LogP contribution < -0.4 is 21.2 Å². The molecule has 11 nitrogen and oxygen atoms in total. The van der Waals surface area contributed by atoms with E-state index in [1.54, 1.807) is 17.6 Å². The normalized spacial score (nSPS) is 10.5. The number of amides is 1. The van der Waals surface area contributed by atoms with Gasteiger partial charge in [-0.1, -0.05) is 29.5 Å². The van der Waals surface area contributed by atoms with Gasteiger partial charge in [0, 0.05) is 18.9 Å². The third-order valence-electron chi connectivity index (χ3n) is 4.84. The number of aldehydes is 1. The van der Waals surface area contributed by atoms with Gasteiger partial charge in [0.2, 0.25) is 6.41 Å². The summed E-state index contributed by atoms with van der Waals surface area (Å²) < 4.78 is 43.1. The van der Waals surface area contributed by atoms with Crippen LogP contribution in [0.25, 0.3) is 5.82 Å². The zero-order valence-corrected chi connectivity index (χ0v) is 22.2. The second-order valence-electron chi connectivity index (χ2n) is 7.77. The van der Waals surface area contributed by atoms with Gasteiger partial charge in [-0.15, -0.1) is 0 Å². The summed E-state index contributed by atoms with van der Waals surface area (Å²) in [6.07, 6.45) is -2.30. The number of alkyl halides is 3. The Hall–Kier alpha value is -4.75. The number of aryl methyl sites for hydroxylation is 3. The Kier molecular flexibility index (Phi) is 12.8. The highest BCUT2D eigenvalue weighted by Gasteiger charge is 2.32. The van der Waals surface area contributed by atoms with Crippen LogP contribution in [-0.2, 0) is 11.3 Å². The standard InChI is InChI=1S/C14H13F3N6O2.C10H15N.CH3NO/c1-9(14(15,16)17)20-22-19-7-10-6-11(8-24)23(21-10)13-12(25-2)4-3-5-18-13;1-7-5-8(2)10(11-4)9(3)6-7;2-1-3/h3-6,8H,1,7H2,2H3,(H,19,20);5-6,11H,1-4H3;1H,(H2,2,3). The molecule has 0 aliphatic rings. The van der Waals surface area contributed by atoms with Crippen molar-refractivity contribution in [2.24, 2.45) is 16.1 Å². The number of benzene rings is 1. The number of hydrogen-bond acceptors (Lipinski definition) is 8. The van der Waals surface area contributed by atoms with E-state index in [4.69, 9.17) is 9.53 Å². The molecule has 4 N–H and O–H groups in total. The van der Waals surface area contributed by atoms with Gasteiger partial charge in [-0.25, -0.2) is 9.67 Å². The number of nitrogens with zero attached hydrogens (tertiary/aromatic N) is 5. The summed E-state index contributed by atoms with van der Waals surface area (Å²) in [5, 5.41) is 14.0. The summed E-state index contributed by atoms with van der Waals surface area (Å²) in [5.74, 6) is 0.684. The number of allylic oxidation sites excluding steroid dienone is 1. The monoisotopic (exact) mass is 548 g/mol. The van der Waals surface area contributed by atoms with Crippen LogP contribution in [0.5, 0.6) is 5.75 Å². The van der Waals surface area contributed by atoms with Gasteiger partial charge >= 0.3 is 6.18 Å². The fraction of sp³-hybridized carbons (Fsp3) is 0.280. The molecule has 0 fully saturated rings. The van der Waals surface area contributed by atoms with Crippen LogP contribution in [0.4, 0.5) is 18.9 Å². The van der Waals surface area contributed by atoms with E-state index in [0.717, 1.165) is 0 Å². The highest BCUT2D eigenvalue weighted by molar-refractivity contribution is 5.73. The van der Waals surface area contributed by atoms with Crippen LogP contribution >= 0.6 is 0 Å². The fourth-order valence-corrected chi connectivity index (χ4v) is 3.32. The van der Waals surface area contributed by atoms with Gasteiger partial charge in [-0.2, -0.15) is 23.4 Å². The van der Waals surface area contributed by atoms with Crippen molar-refractivity contribution >= 4 is 18.4 Å². The number of carbonyl (C=O) groups is 2. The summed E-state index contributed by atoms with van der Waals surface area (Å²) in [4.78, 5) is 23.9. The smallest absolute Gasteiger partial charge is 0.432 e. The molecule has 3 rings (SSSR count). The number of carbonyl (C=O) groups excluding carboxylic acids is 2. The number of halogens is 3. The van der Waals surface area contributed by atoms with Crippen molar-refractivity contribution in [1.29, 1.82) is 0 Å². The molecule has 2 aromatic heterocycles. The molecule has 3 aromatic rings. The maximum absolute atomic E-state index is 12.2. The minimum Gasteiger partial charge on any atom is -0.493 e.